The molecule has 5 nitrogen and oxygen atoms in total. The van der Waals surface area contributed by atoms with Crippen LogP contribution in [0.15, 0.2) is 42.9 Å². The van der Waals surface area contributed by atoms with Crippen LogP contribution in [0.25, 0.3) is 27.9 Å². The highest BCUT2D eigenvalue weighted by Gasteiger charge is 2.07. The van der Waals surface area contributed by atoms with Gasteiger partial charge in [0.15, 0.2) is 0 Å². The zero-order chi connectivity index (χ0) is 11.9. The van der Waals surface area contributed by atoms with Gasteiger partial charge in [-0.05, 0) is 12.1 Å². The summed E-state index contributed by atoms with van der Waals surface area (Å²) in [6.07, 6.45) is 8.51. The Labute approximate surface area is 102 Å². The predicted octanol–water partition coefficient (Wildman–Crippen LogP) is 2.07. The molecule has 0 amide bonds. The summed E-state index contributed by atoms with van der Waals surface area (Å²) < 4.78 is 1.88. The number of H-pyrrole nitrogens is 1. The van der Waals surface area contributed by atoms with E-state index in [9.17, 15) is 0 Å². The quantitative estimate of drug-likeness (QED) is 0.548. The number of aromatic nitrogens is 5. The third-order valence-electron chi connectivity index (χ3n) is 2.95. The van der Waals surface area contributed by atoms with Crippen LogP contribution in [0.1, 0.15) is 0 Å². The van der Waals surface area contributed by atoms with Crippen LogP contribution in [0.4, 0.5) is 0 Å². The lowest BCUT2D eigenvalue weighted by Gasteiger charge is -2.02. The number of nitrogens with zero attached hydrogens (tertiary/aromatic N) is 4. The van der Waals surface area contributed by atoms with Crippen LogP contribution in [-0.4, -0.2) is 24.6 Å². The Morgan fingerprint density at radius 1 is 1.17 bits per heavy atom. The van der Waals surface area contributed by atoms with Crippen molar-refractivity contribution in [2.45, 2.75) is 0 Å². The van der Waals surface area contributed by atoms with Crippen LogP contribution in [0.5, 0.6) is 0 Å². The minimum Gasteiger partial charge on any atom is -0.291 e. The minimum atomic E-state index is 0.688. The molecule has 1 radical (unpaired) electrons. The Morgan fingerprint density at radius 2 is 2.17 bits per heavy atom. The summed E-state index contributed by atoms with van der Waals surface area (Å²) in [5, 5.41) is 7.79. The van der Waals surface area contributed by atoms with E-state index in [1.54, 1.807) is 6.20 Å². The number of fused-ring (bicyclic) bond motifs is 2. The van der Waals surface area contributed by atoms with Gasteiger partial charge in [0.05, 0.1) is 11.2 Å². The maximum atomic E-state index is 4.53. The molecule has 0 aliphatic heterocycles. The summed E-state index contributed by atoms with van der Waals surface area (Å²) in [5.74, 6) is 0.688. The third kappa shape index (κ3) is 1.24. The smallest absolute Gasteiger partial charge is 0.234 e. The number of aromatic amines is 1. The van der Waals surface area contributed by atoms with E-state index in [1.165, 1.54) is 0 Å². The molecule has 5 heteroatoms. The summed E-state index contributed by atoms with van der Waals surface area (Å²) >= 11 is 0. The van der Waals surface area contributed by atoms with Gasteiger partial charge >= 0.3 is 0 Å². The molecule has 0 saturated carbocycles. The second-order valence-corrected chi connectivity index (χ2v) is 4.01. The number of rotatable bonds is 1. The van der Waals surface area contributed by atoms with Gasteiger partial charge in [0.1, 0.15) is 6.20 Å². The van der Waals surface area contributed by atoms with Crippen molar-refractivity contribution in [1.29, 1.82) is 0 Å². The van der Waals surface area contributed by atoms with Gasteiger partial charge in [0.25, 0.3) is 0 Å². The van der Waals surface area contributed by atoms with Crippen LogP contribution in [-0.2, 0) is 0 Å². The highest BCUT2D eigenvalue weighted by atomic mass is 15.1. The molecule has 3 aromatic heterocycles. The van der Waals surface area contributed by atoms with Gasteiger partial charge in [-0.2, -0.15) is 5.10 Å². The summed E-state index contributed by atoms with van der Waals surface area (Å²) in [6, 6.07) is 7.91. The SMILES string of the molecule is [c]1n[nH]c2cccc(-c3ccn4ccnc4n3)c12. The Hall–Kier alpha value is -2.69. The molecule has 18 heavy (non-hydrogen) atoms. The molecule has 85 valence electrons. The minimum absolute atomic E-state index is 0.688. The van der Waals surface area contributed by atoms with E-state index in [4.69, 9.17) is 0 Å². The van der Waals surface area contributed by atoms with Gasteiger partial charge in [-0.3, -0.25) is 9.50 Å². The summed E-state index contributed by atoms with van der Waals surface area (Å²) in [6.45, 7) is 0. The Kier molecular flexibility index (Phi) is 1.77. The fraction of sp³-hybridized carbons (Fsp3) is 0. The summed E-state index contributed by atoms with van der Waals surface area (Å²) in [4.78, 5) is 8.72. The van der Waals surface area contributed by atoms with Crippen molar-refractivity contribution in [3.05, 3.63) is 49.1 Å². The van der Waals surface area contributed by atoms with E-state index in [1.807, 2.05) is 41.1 Å². The molecule has 1 N–H and O–H groups in total. The second-order valence-electron chi connectivity index (χ2n) is 4.01. The lowest BCUT2D eigenvalue weighted by atomic mass is 10.1. The van der Waals surface area contributed by atoms with Crippen LogP contribution in [0.3, 0.4) is 0 Å². The first kappa shape index (κ1) is 9.35. The van der Waals surface area contributed by atoms with Crippen molar-refractivity contribution in [3.8, 4) is 11.3 Å². The van der Waals surface area contributed by atoms with E-state index in [-0.39, 0.29) is 0 Å². The van der Waals surface area contributed by atoms with Gasteiger partial charge in [0, 0.05) is 29.5 Å². The Balaban J connectivity index is 2.03. The van der Waals surface area contributed by atoms with E-state index in [2.05, 4.69) is 26.4 Å². The van der Waals surface area contributed by atoms with Crippen molar-refractivity contribution >= 4 is 16.7 Å². The lowest BCUT2D eigenvalue weighted by molar-refractivity contribution is 1.11. The molecule has 0 atom stereocenters. The highest BCUT2D eigenvalue weighted by Crippen LogP contribution is 2.25. The summed E-state index contributed by atoms with van der Waals surface area (Å²) in [5.41, 5.74) is 2.83. The number of hydrogen-bond donors (Lipinski definition) is 1. The normalized spacial score (nSPS) is 11.3. The van der Waals surface area contributed by atoms with Crippen molar-refractivity contribution in [2.75, 3.05) is 0 Å². The molecule has 4 aromatic rings. The topological polar surface area (TPSA) is 58.9 Å². The van der Waals surface area contributed by atoms with Gasteiger partial charge in [-0.1, -0.05) is 12.1 Å². The highest BCUT2D eigenvalue weighted by molar-refractivity contribution is 5.92. The maximum absolute atomic E-state index is 4.53. The van der Waals surface area contributed by atoms with E-state index in [0.29, 0.717) is 5.78 Å². The van der Waals surface area contributed by atoms with Crippen molar-refractivity contribution in [3.63, 3.8) is 0 Å². The monoisotopic (exact) mass is 234 g/mol. The average Bonchev–Trinajstić information content (AvgIpc) is 3.05. The summed E-state index contributed by atoms with van der Waals surface area (Å²) in [7, 11) is 0. The van der Waals surface area contributed by atoms with Crippen molar-refractivity contribution in [1.82, 2.24) is 24.6 Å². The number of nitrogens with one attached hydrogen (secondary N) is 1. The van der Waals surface area contributed by atoms with Crippen molar-refractivity contribution in [2.24, 2.45) is 0 Å². The number of hydrogen-bond acceptors (Lipinski definition) is 3. The Morgan fingerprint density at radius 3 is 3.17 bits per heavy atom. The van der Waals surface area contributed by atoms with Crippen LogP contribution in [0.2, 0.25) is 0 Å². The maximum Gasteiger partial charge on any atom is 0.234 e. The standard InChI is InChI=1S/C13H8N5/c1-2-9(10-8-15-17-12(10)3-1)11-4-6-18-7-5-14-13(18)16-11/h1-7H,(H,15,17). The van der Waals surface area contributed by atoms with Crippen molar-refractivity contribution < 1.29 is 0 Å². The first-order chi connectivity index (χ1) is 8.92. The van der Waals surface area contributed by atoms with E-state index in [0.717, 1.165) is 22.2 Å². The fourth-order valence-electron chi connectivity index (χ4n) is 2.08. The van der Waals surface area contributed by atoms with E-state index >= 15 is 0 Å². The van der Waals surface area contributed by atoms with Gasteiger partial charge in [0.2, 0.25) is 5.78 Å². The van der Waals surface area contributed by atoms with Gasteiger partial charge in [-0.15, -0.1) is 0 Å². The lowest BCUT2D eigenvalue weighted by Crippen LogP contribution is -1.90. The molecule has 0 fully saturated rings. The number of imidazole rings is 1. The molecule has 4 rings (SSSR count). The Bertz CT molecular complexity index is 842. The average molecular weight is 234 g/mol. The van der Waals surface area contributed by atoms with Gasteiger partial charge < -0.3 is 0 Å². The second kappa shape index (κ2) is 3.40. The van der Waals surface area contributed by atoms with Crippen LogP contribution >= 0.6 is 0 Å². The molecule has 0 saturated heterocycles. The van der Waals surface area contributed by atoms with Crippen LogP contribution in [0, 0.1) is 6.20 Å². The third-order valence-corrected chi connectivity index (χ3v) is 2.95. The van der Waals surface area contributed by atoms with Gasteiger partial charge in [-0.25, -0.2) is 9.97 Å². The molecule has 1 aromatic carbocycles. The fourth-order valence-corrected chi connectivity index (χ4v) is 2.08. The molecule has 3 heterocycles. The number of benzene rings is 1. The molecule has 0 aliphatic carbocycles. The molecule has 0 unspecified atom stereocenters. The van der Waals surface area contributed by atoms with E-state index < -0.39 is 0 Å². The first-order valence-electron chi connectivity index (χ1n) is 5.57. The largest absolute Gasteiger partial charge is 0.291 e. The molecule has 0 aliphatic rings. The predicted molar refractivity (Wildman–Crippen MR) is 66.9 cm³/mol. The molecule has 0 spiro atoms. The molecular weight excluding hydrogens is 226 g/mol. The first-order valence-corrected chi connectivity index (χ1v) is 5.57. The zero-order valence-electron chi connectivity index (χ0n) is 9.33. The zero-order valence-corrected chi connectivity index (χ0v) is 9.33. The molecular formula is C13H8N5. The molecule has 0 bridgehead atoms. The van der Waals surface area contributed by atoms with Crippen LogP contribution < -0.4 is 0 Å².